The molecular formula is C32H37F5N2. The molecule has 1 atom stereocenters. The summed E-state index contributed by atoms with van der Waals surface area (Å²) in [7, 11) is 0. The van der Waals surface area contributed by atoms with Gasteiger partial charge in [-0.25, -0.2) is 22.0 Å². The average molecular weight is 545 g/mol. The maximum absolute atomic E-state index is 15.0. The molecule has 1 aliphatic rings. The molecule has 1 N–H and O–H groups in total. The van der Waals surface area contributed by atoms with E-state index in [1.807, 2.05) is 30.3 Å². The molecule has 1 fully saturated rings. The average Bonchev–Trinajstić information content (AvgIpc) is 2.89. The zero-order chi connectivity index (χ0) is 28.3. The minimum atomic E-state index is -3.28. The summed E-state index contributed by atoms with van der Waals surface area (Å²) in [4.78, 5) is 2.38. The maximum Gasteiger partial charge on any atom is 0.270 e. The first-order valence-electron chi connectivity index (χ1n) is 13.6. The van der Waals surface area contributed by atoms with Crippen LogP contribution in [0.4, 0.5) is 22.0 Å². The van der Waals surface area contributed by atoms with Gasteiger partial charge in [-0.1, -0.05) is 55.5 Å². The number of hydrogen-bond acceptors (Lipinski definition) is 2. The van der Waals surface area contributed by atoms with Gasteiger partial charge in [0.1, 0.15) is 5.82 Å². The predicted octanol–water partition coefficient (Wildman–Crippen LogP) is 8.00. The highest BCUT2D eigenvalue weighted by atomic mass is 19.3. The third kappa shape index (κ3) is 7.06. The van der Waals surface area contributed by atoms with Crippen LogP contribution in [0, 0.1) is 5.82 Å². The Morgan fingerprint density at radius 2 is 1.36 bits per heavy atom. The molecular weight excluding hydrogens is 507 g/mol. The highest BCUT2D eigenvalue weighted by Gasteiger charge is 2.40. The van der Waals surface area contributed by atoms with Gasteiger partial charge in [0.2, 0.25) is 0 Å². The van der Waals surface area contributed by atoms with Gasteiger partial charge >= 0.3 is 0 Å². The third-order valence-electron chi connectivity index (χ3n) is 7.65. The standard InChI is InChI=1S/C32H37F5N2/c1-4-15-39-16-13-29(14-17-39)38-32(22-23-9-6-5-7-10-23,25-12-8-11-24(18-25)30(2,34)35)27-19-26(31(3,36)37)20-28(33)21-27/h5-12,18-21,29,38H,4,13-17,22H2,1-3H3. The van der Waals surface area contributed by atoms with Gasteiger partial charge in [0.25, 0.3) is 11.8 Å². The predicted molar refractivity (Wildman–Crippen MR) is 146 cm³/mol. The molecule has 0 saturated carbocycles. The molecule has 0 spiro atoms. The number of nitrogens with one attached hydrogen (secondary N) is 1. The molecule has 3 aromatic carbocycles. The molecule has 210 valence electrons. The fourth-order valence-corrected chi connectivity index (χ4v) is 5.60. The lowest BCUT2D eigenvalue weighted by Gasteiger charge is -2.43. The summed E-state index contributed by atoms with van der Waals surface area (Å²) in [5.41, 5.74) is -0.229. The molecule has 1 saturated heterocycles. The summed E-state index contributed by atoms with van der Waals surface area (Å²) >= 11 is 0. The summed E-state index contributed by atoms with van der Waals surface area (Å²) in [6.07, 6.45) is 2.91. The lowest BCUT2D eigenvalue weighted by atomic mass is 9.75. The van der Waals surface area contributed by atoms with Crippen LogP contribution in [0.25, 0.3) is 0 Å². The maximum atomic E-state index is 15.0. The van der Waals surface area contributed by atoms with E-state index in [9.17, 15) is 17.6 Å². The monoisotopic (exact) mass is 544 g/mol. The number of nitrogens with zero attached hydrogens (tertiary/aromatic N) is 1. The highest BCUT2D eigenvalue weighted by molar-refractivity contribution is 5.45. The van der Waals surface area contributed by atoms with Crippen LogP contribution in [-0.4, -0.2) is 30.6 Å². The van der Waals surface area contributed by atoms with Crippen LogP contribution in [0.2, 0.25) is 0 Å². The van der Waals surface area contributed by atoms with Crippen LogP contribution in [0.1, 0.15) is 67.9 Å². The Balaban J connectivity index is 1.92. The lowest BCUT2D eigenvalue weighted by molar-refractivity contribution is 0.0166. The fourth-order valence-electron chi connectivity index (χ4n) is 5.60. The summed E-state index contributed by atoms with van der Waals surface area (Å²) in [6, 6.07) is 18.9. The Hall–Kier alpha value is -2.77. The van der Waals surface area contributed by atoms with E-state index in [2.05, 4.69) is 17.1 Å². The van der Waals surface area contributed by atoms with Crippen molar-refractivity contribution in [3.63, 3.8) is 0 Å². The molecule has 1 heterocycles. The largest absolute Gasteiger partial charge is 0.303 e. The number of halogens is 5. The first-order valence-corrected chi connectivity index (χ1v) is 13.6. The molecule has 7 heteroatoms. The van der Waals surface area contributed by atoms with Crippen LogP contribution in [0.15, 0.2) is 72.8 Å². The molecule has 0 aromatic heterocycles. The zero-order valence-corrected chi connectivity index (χ0v) is 22.8. The number of piperidine rings is 1. The van der Waals surface area contributed by atoms with E-state index in [4.69, 9.17) is 0 Å². The normalized spacial score (nSPS) is 17.2. The van der Waals surface area contributed by atoms with Gasteiger partial charge in [-0.05, 0) is 86.3 Å². The van der Waals surface area contributed by atoms with Crippen molar-refractivity contribution < 1.29 is 22.0 Å². The molecule has 1 unspecified atom stereocenters. The molecule has 2 nitrogen and oxygen atoms in total. The van der Waals surface area contributed by atoms with Crippen molar-refractivity contribution in [1.29, 1.82) is 0 Å². The Kier molecular flexibility index (Phi) is 8.82. The van der Waals surface area contributed by atoms with E-state index in [1.165, 1.54) is 24.3 Å². The fraction of sp³-hybridized carbons (Fsp3) is 0.438. The Labute approximate surface area is 228 Å². The van der Waals surface area contributed by atoms with Gasteiger partial charge in [-0.3, -0.25) is 0 Å². The van der Waals surface area contributed by atoms with Gasteiger partial charge in [0.15, 0.2) is 0 Å². The first kappa shape index (κ1) is 29.2. The van der Waals surface area contributed by atoms with Crippen molar-refractivity contribution in [1.82, 2.24) is 10.2 Å². The molecule has 0 amide bonds. The smallest absolute Gasteiger partial charge is 0.270 e. The SMILES string of the molecule is CCCN1CCC(NC(Cc2ccccc2)(c2cccc(C(C)(F)F)c2)c2cc(F)cc(C(C)(F)F)c2)CC1. The number of alkyl halides is 4. The van der Waals surface area contributed by atoms with Gasteiger partial charge in [-0.15, -0.1) is 0 Å². The summed E-state index contributed by atoms with van der Waals surface area (Å²) < 4.78 is 73.2. The van der Waals surface area contributed by atoms with E-state index < -0.39 is 28.8 Å². The summed E-state index contributed by atoms with van der Waals surface area (Å²) in [5.74, 6) is -7.18. The first-order chi connectivity index (χ1) is 18.4. The van der Waals surface area contributed by atoms with Crippen LogP contribution >= 0.6 is 0 Å². The van der Waals surface area contributed by atoms with Gasteiger partial charge in [0, 0.05) is 31.0 Å². The van der Waals surface area contributed by atoms with Crippen LogP contribution in [0.5, 0.6) is 0 Å². The van der Waals surface area contributed by atoms with Crippen molar-refractivity contribution in [3.8, 4) is 0 Å². The third-order valence-corrected chi connectivity index (χ3v) is 7.65. The van der Waals surface area contributed by atoms with Crippen LogP contribution in [0.3, 0.4) is 0 Å². The van der Waals surface area contributed by atoms with Crippen molar-refractivity contribution >= 4 is 0 Å². The number of benzene rings is 3. The topological polar surface area (TPSA) is 15.3 Å². The van der Waals surface area contributed by atoms with Crippen LogP contribution in [-0.2, 0) is 23.8 Å². The minimum Gasteiger partial charge on any atom is -0.303 e. The van der Waals surface area contributed by atoms with Gasteiger partial charge in [-0.2, -0.15) is 0 Å². The van der Waals surface area contributed by atoms with E-state index >= 15 is 4.39 Å². The molecule has 3 aromatic rings. The van der Waals surface area contributed by atoms with E-state index in [0.29, 0.717) is 5.56 Å². The van der Waals surface area contributed by atoms with E-state index in [-0.39, 0.29) is 23.6 Å². The molecule has 0 radical (unpaired) electrons. The second-order valence-electron chi connectivity index (χ2n) is 10.9. The lowest BCUT2D eigenvalue weighted by Crippen LogP contribution is -2.54. The van der Waals surface area contributed by atoms with E-state index in [1.54, 1.807) is 12.1 Å². The second-order valence-corrected chi connectivity index (χ2v) is 10.9. The Morgan fingerprint density at radius 1 is 0.769 bits per heavy atom. The Morgan fingerprint density at radius 3 is 1.97 bits per heavy atom. The number of likely N-dealkylation sites (tertiary alicyclic amines) is 1. The zero-order valence-electron chi connectivity index (χ0n) is 22.8. The minimum absolute atomic E-state index is 0.0264. The van der Waals surface area contributed by atoms with Crippen molar-refractivity contribution in [2.75, 3.05) is 19.6 Å². The second kappa shape index (κ2) is 11.8. The molecule has 39 heavy (non-hydrogen) atoms. The molecule has 0 aliphatic carbocycles. The van der Waals surface area contributed by atoms with Crippen molar-refractivity contribution in [3.05, 3.63) is 106 Å². The van der Waals surface area contributed by atoms with Crippen molar-refractivity contribution in [2.45, 2.75) is 69.9 Å². The molecule has 4 rings (SSSR count). The number of hydrogen-bond donors (Lipinski definition) is 1. The van der Waals surface area contributed by atoms with Crippen molar-refractivity contribution in [2.24, 2.45) is 0 Å². The number of rotatable bonds is 10. The molecule has 0 bridgehead atoms. The summed E-state index contributed by atoms with van der Waals surface area (Å²) in [5, 5.41) is 3.71. The van der Waals surface area contributed by atoms with Crippen LogP contribution < -0.4 is 5.32 Å². The van der Waals surface area contributed by atoms with Gasteiger partial charge in [0.05, 0.1) is 5.54 Å². The Bertz CT molecular complexity index is 1230. The summed E-state index contributed by atoms with van der Waals surface area (Å²) in [6.45, 7) is 6.42. The highest BCUT2D eigenvalue weighted by Crippen LogP contribution is 2.40. The quantitative estimate of drug-likeness (QED) is 0.260. The van der Waals surface area contributed by atoms with E-state index in [0.717, 1.165) is 64.4 Å². The molecule has 1 aliphatic heterocycles. The van der Waals surface area contributed by atoms with Gasteiger partial charge < -0.3 is 10.2 Å².